The average molecular weight is 350 g/mol. The molecule has 5 nitrogen and oxygen atoms in total. The molecule has 0 fully saturated rings. The van der Waals surface area contributed by atoms with Crippen molar-refractivity contribution in [3.63, 3.8) is 0 Å². The number of hydrogen-bond donors (Lipinski definition) is 1. The summed E-state index contributed by atoms with van der Waals surface area (Å²) in [6, 6.07) is 17.7. The SMILES string of the molecule is CSc1cccc(NC(=O)/C=C/c2cn(Cc3ccccc3)nn2)c1. The molecule has 25 heavy (non-hydrogen) atoms. The van der Waals surface area contributed by atoms with Crippen LogP contribution in [0.5, 0.6) is 0 Å². The lowest BCUT2D eigenvalue weighted by molar-refractivity contribution is -0.111. The molecule has 0 saturated carbocycles. The van der Waals surface area contributed by atoms with Crippen LogP contribution >= 0.6 is 11.8 Å². The van der Waals surface area contributed by atoms with Crippen LogP contribution in [0.1, 0.15) is 11.3 Å². The maximum atomic E-state index is 12.0. The Hall–Kier alpha value is -2.86. The zero-order valence-corrected chi connectivity index (χ0v) is 14.6. The Balaban J connectivity index is 1.59. The molecule has 2 aromatic carbocycles. The van der Waals surface area contributed by atoms with Crippen molar-refractivity contribution >= 4 is 29.4 Å². The first-order valence-electron chi connectivity index (χ1n) is 7.80. The minimum atomic E-state index is -0.198. The molecule has 3 rings (SSSR count). The topological polar surface area (TPSA) is 59.8 Å². The predicted molar refractivity (Wildman–Crippen MR) is 101 cm³/mol. The first kappa shape index (κ1) is 17.0. The van der Waals surface area contributed by atoms with Crippen LogP contribution in [0.15, 0.2) is 71.8 Å². The number of benzene rings is 2. The lowest BCUT2D eigenvalue weighted by Gasteiger charge is -2.03. The highest BCUT2D eigenvalue weighted by atomic mass is 32.2. The zero-order valence-electron chi connectivity index (χ0n) is 13.8. The lowest BCUT2D eigenvalue weighted by Crippen LogP contribution is -2.07. The summed E-state index contributed by atoms with van der Waals surface area (Å²) in [6.07, 6.45) is 6.93. The summed E-state index contributed by atoms with van der Waals surface area (Å²) in [7, 11) is 0. The van der Waals surface area contributed by atoms with Crippen molar-refractivity contribution in [1.82, 2.24) is 15.0 Å². The third kappa shape index (κ3) is 5.06. The Morgan fingerprint density at radius 3 is 2.84 bits per heavy atom. The monoisotopic (exact) mass is 350 g/mol. The highest BCUT2D eigenvalue weighted by molar-refractivity contribution is 7.98. The molecular formula is C19H18N4OS. The number of nitrogens with zero attached hydrogens (tertiary/aromatic N) is 3. The van der Waals surface area contributed by atoms with Gasteiger partial charge in [0.1, 0.15) is 5.69 Å². The molecule has 126 valence electrons. The van der Waals surface area contributed by atoms with Gasteiger partial charge in [-0.25, -0.2) is 4.68 Å². The Kier molecular flexibility index (Phi) is 5.64. The van der Waals surface area contributed by atoms with Crippen LogP contribution in [0.2, 0.25) is 0 Å². The number of nitrogens with one attached hydrogen (secondary N) is 1. The van der Waals surface area contributed by atoms with Crippen molar-refractivity contribution in [1.29, 1.82) is 0 Å². The molecule has 0 aliphatic carbocycles. The van der Waals surface area contributed by atoms with Crippen molar-refractivity contribution < 1.29 is 4.79 Å². The van der Waals surface area contributed by atoms with Crippen molar-refractivity contribution in [3.8, 4) is 0 Å². The smallest absolute Gasteiger partial charge is 0.248 e. The summed E-state index contributed by atoms with van der Waals surface area (Å²) in [5.74, 6) is -0.198. The van der Waals surface area contributed by atoms with E-state index in [1.807, 2.05) is 67.0 Å². The molecule has 0 radical (unpaired) electrons. The summed E-state index contributed by atoms with van der Waals surface area (Å²) < 4.78 is 1.74. The van der Waals surface area contributed by atoms with Gasteiger partial charge in [0.15, 0.2) is 0 Å². The van der Waals surface area contributed by atoms with Gasteiger partial charge < -0.3 is 5.32 Å². The maximum absolute atomic E-state index is 12.0. The second-order valence-electron chi connectivity index (χ2n) is 5.38. The second-order valence-corrected chi connectivity index (χ2v) is 6.26. The van der Waals surface area contributed by atoms with Gasteiger partial charge in [-0.2, -0.15) is 0 Å². The number of hydrogen-bond acceptors (Lipinski definition) is 4. The average Bonchev–Trinajstić information content (AvgIpc) is 3.08. The minimum Gasteiger partial charge on any atom is -0.322 e. The summed E-state index contributed by atoms with van der Waals surface area (Å²) >= 11 is 1.63. The standard InChI is InChI=1S/C19H18N4OS/c1-25-18-9-5-8-16(12-18)20-19(24)11-10-17-14-23(22-21-17)13-15-6-3-2-4-7-15/h2-12,14H,13H2,1H3,(H,20,24)/b11-10+. The van der Waals surface area contributed by atoms with Gasteiger partial charge in [-0.15, -0.1) is 16.9 Å². The van der Waals surface area contributed by atoms with E-state index in [4.69, 9.17) is 0 Å². The Morgan fingerprint density at radius 1 is 1.20 bits per heavy atom. The molecule has 1 heterocycles. The number of rotatable bonds is 6. The van der Waals surface area contributed by atoms with Crippen LogP contribution in [0.3, 0.4) is 0 Å². The van der Waals surface area contributed by atoms with Gasteiger partial charge in [-0.3, -0.25) is 4.79 Å². The second kappa shape index (κ2) is 8.30. The Bertz CT molecular complexity index is 874. The lowest BCUT2D eigenvalue weighted by atomic mass is 10.2. The van der Waals surface area contributed by atoms with Crippen LogP contribution in [-0.4, -0.2) is 27.2 Å². The number of aromatic nitrogens is 3. The summed E-state index contributed by atoms with van der Waals surface area (Å²) in [6.45, 7) is 0.648. The van der Waals surface area contributed by atoms with Crippen LogP contribution in [0, 0.1) is 0 Å². The largest absolute Gasteiger partial charge is 0.322 e. The van der Waals surface area contributed by atoms with E-state index in [0.29, 0.717) is 12.2 Å². The Morgan fingerprint density at radius 2 is 2.04 bits per heavy atom. The van der Waals surface area contributed by atoms with Gasteiger partial charge in [-0.05, 0) is 36.1 Å². The van der Waals surface area contributed by atoms with Crippen molar-refractivity contribution in [2.45, 2.75) is 11.4 Å². The molecule has 1 N–H and O–H groups in total. The van der Waals surface area contributed by atoms with Gasteiger partial charge in [-0.1, -0.05) is 41.6 Å². The third-order valence-electron chi connectivity index (χ3n) is 3.49. The van der Waals surface area contributed by atoms with E-state index in [1.54, 1.807) is 22.5 Å². The van der Waals surface area contributed by atoms with E-state index in [1.165, 1.54) is 6.08 Å². The molecule has 0 saturated heterocycles. The van der Waals surface area contributed by atoms with Crippen LogP contribution in [0.25, 0.3) is 6.08 Å². The van der Waals surface area contributed by atoms with E-state index in [0.717, 1.165) is 16.1 Å². The molecule has 0 bridgehead atoms. The molecule has 3 aromatic rings. The van der Waals surface area contributed by atoms with Gasteiger partial charge in [0.2, 0.25) is 5.91 Å². The molecule has 0 spiro atoms. The molecule has 0 atom stereocenters. The fraction of sp³-hybridized carbons (Fsp3) is 0.105. The minimum absolute atomic E-state index is 0.198. The number of anilines is 1. The number of carbonyl (C=O) groups is 1. The van der Waals surface area contributed by atoms with Crippen LogP contribution in [-0.2, 0) is 11.3 Å². The molecule has 1 aromatic heterocycles. The highest BCUT2D eigenvalue weighted by Crippen LogP contribution is 2.18. The number of amides is 1. The van der Waals surface area contributed by atoms with Crippen molar-refractivity contribution in [2.24, 2.45) is 0 Å². The fourth-order valence-electron chi connectivity index (χ4n) is 2.28. The van der Waals surface area contributed by atoms with E-state index in [2.05, 4.69) is 15.6 Å². The van der Waals surface area contributed by atoms with E-state index < -0.39 is 0 Å². The predicted octanol–water partition coefficient (Wildman–Crippen LogP) is 3.70. The maximum Gasteiger partial charge on any atom is 0.248 e. The van der Waals surface area contributed by atoms with Gasteiger partial charge >= 0.3 is 0 Å². The van der Waals surface area contributed by atoms with E-state index in [-0.39, 0.29) is 5.91 Å². The van der Waals surface area contributed by atoms with E-state index in [9.17, 15) is 4.79 Å². The number of carbonyl (C=O) groups excluding carboxylic acids is 1. The number of thioether (sulfide) groups is 1. The molecule has 6 heteroatoms. The molecular weight excluding hydrogens is 332 g/mol. The third-order valence-corrected chi connectivity index (χ3v) is 4.21. The van der Waals surface area contributed by atoms with Crippen LogP contribution in [0.4, 0.5) is 5.69 Å². The molecule has 0 aliphatic heterocycles. The van der Waals surface area contributed by atoms with E-state index >= 15 is 0 Å². The highest BCUT2D eigenvalue weighted by Gasteiger charge is 2.02. The van der Waals surface area contributed by atoms with Crippen LogP contribution < -0.4 is 5.32 Å². The molecule has 1 amide bonds. The normalized spacial score (nSPS) is 10.9. The first-order valence-corrected chi connectivity index (χ1v) is 9.02. The van der Waals surface area contributed by atoms with Gasteiger partial charge in [0.05, 0.1) is 12.7 Å². The summed E-state index contributed by atoms with van der Waals surface area (Å²) in [4.78, 5) is 13.1. The summed E-state index contributed by atoms with van der Waals surface area (Å²) in [5.41, 5.74) is 2.56. The molecule has 0 aliphatic rings. The van der Waals surface area contributed by atoms with Crippen molar-refractivity contribution in [2.75, 3.05) is 11.6 Å². The van der Waals surface area contributed by atoms with Crippen molar-refractivity contribution in [3.05, 3.63) is 78.1 Å². The van der Waals surface area contributed by atoms with Gasteiger partial charge in [0, 0.05) is 16.7 Å². The fourth-order valence-corrected chi connectivity index (χ4v) is 2.74. The quantitative estimate of drug-likeness (QED) is 0.544. The zero-order chi connectivity index (χ0) is 17.5. The first-order chi connectivity index (χ1) is 12.2. The Labute approximate surface area is 150 Å². The molecule has 0 unspecified atom stereocenters. The van der Waals surface area contributed by atoms with Gasteiger partial charge in [0.25, 0.3) is 0 Å². The summed E-state index contributed by atoms with van der Waals surface area (Å²) in [5, 5.41) is 11.0.